The van der Waals surface area contributed by atoms with E-state index in [4.69, 9.17) is 16.3 Å². The first-order chi connectivity index (χ1) is 15.4. The van der Waals surface area contributed by atoms with Crippen molar-refractivity contribution in [2.75, 3.05) is 13.2 Å². The van der Waals surface area contributed by atoms with Crippen LogP contribution in [-0.2, 0) is 20.7 Å². The first kappa shape index (κ1) is 21.9. The summed E-state index contributed by atoms with van der Waals surface area (Å²) in [7, 11) is 0. The Balaban J connectivity index is 1.45. The molecule has 0 radical (unpaired) electrons. The number of urea groups is 1. The molecule has 2 unspecified atom stereocenters. The molecule has 2 heterocycles. The average molecular weight is 454 g/mol. The van der Waals surface area contributed by atoms with Gasteiger partial charge in [0.1, 0.15) is 13.2 Å². The number of nitrogens with one attached hydrogen (secondary N) is 2. The van der Waals surface area contributed by atoms with Crippen LogP contribution in [0, 0.1) is 0 Å². The summed E-state index contributed by atoms with van der Waals surface area (Å²) in [4.78, 5) is 39.2. The van der Waals surface area contributed by atoms with Gasteiger partial charge in [-0.1, -0.05) is 60.1 Å². The highest BCUT2D eigenvalue weighted by atomic mass is 35.5. The lowest BCUT2D eigenvalue weighted by Crippen LogP contribution is -2.51. The van der Waals surface area contributed by atoms with E-state index in [9.17, 15) is 14.4 Å². The maximum Gasteiger partial charge on any atom is 0.338 e. The van der Waals surface area contributed by atoms with Gasteiger partial charge in [-0.2, -0.15) is 0 Å². The van der Waals surface area contributed by atoms with E-state index >= 15 is 0 Å². The van der Waals surface area contributed by atoms with Crippen LogP contribution < -0.4 is 10.6 Å². The molecule has 4 rings (SSSR count). The van der Waals surface area contributed by atoms with Crippen molar-refractivity contribution in [1.29, 1.82) is 0 Å². The highest BCUT2D eigenvalue weighted by Gasteiger charge is 2.43. The van der Waals surface area contributed by atoms with E-state index in [1.165, 1.54) is 10.5 Å². The Bertz CT molecular complexity index is 1070. The van der Waals surface area contributed by atoms with E-state index in [-0.39, 0.29) is 25.1 Å². The van der Waals surface area contributed by atoms with Crippen molar-refractivity contribution in [2.24, 2.45) is 0 Å². The third-order valence-electron chi connectivity index (χ3n) is 5.63. The SMILES string of the molecule is CC(CCc1ccccc1)NC(=O)CN1C(=O)NC(c2ccccc2Cl)C2=C1COC2=O. The van der Waals surface area contributed by atoms with Crippen molar-refractivity contribution in [3.63, 3.8) is 0 Å². The number of halogens is 1. The first-order valence-corrected chi connectivity index (χ1v) is 10.9. The number of hydrogen-bond acceptors (Lipinski definition) is 4. The Labute approximate surface area is 191 Å². The highest BCUT2D eigenvalue weighted by molar-refractivity contribution is 6.31. The first-order valence-electron chi connectivity index (χ1n) is 10.5. The number of carbonyl (C=O) groups is 3. The Hall–Kier alpha value is -3.32. The van der Waals surface area contributed by atoms with Crippen LogP contribution in [-0.4, -0.2) is 42.0 Å². The molecule has 0 spiro atoms. The van der Waals surface area contributed by atoms with Crippen molar-refractivity contribution in [2.45, 2.75) is 31.8 Å². The van der Waals surface area contributed by atoms with Gasteiger partial charge in [-0.15, -0.1) is 0 Å². The van der Waals surface area contributed by atoms with E-state index in [1.54, 1.807) is 24.3 Å². The lowest BCUT2D eigenvalue weighted by atomic mass is 9.95. The summed E-state index contributed by atoms with van der Waals surface area (Å²) in [5, 5.41) is 6.16. The van der Waals surface area contributed by atoms with Gasteiger partial charge in [-0.3, -0.25) is 9.69 Å². The normalized spacial score (nSPS) is 18.7. The average Bonchev–Trinajstić information content (AvgIpc) is 3.17. The van der Waals surface area contributed by atoms with Gasteiger partial charge in [0.15, 0.2) is 0 Å². The molecule has 3 amide bonds. The molecule has 2 aliphatic heterocycles. The topological polar surface area (TPSA) is 87.7 Å². The molecule has 7 nitrogen and oxygen atoms in total. The quantitative estimate of drug-likeness (QED) is 0.629. The summed E-state index contributed by atoms with van der Waals surface area (Å²) in [5.41, 5.74) is 2.51. The van der Waals surface area contributed by atoms with Gasteiger partial charge >= 0.3 is 12.0 Å². The number of esters is 1. The molecule has 0 aliphatic carbocycles. The molecule has 0 saturated heterocycles. The fourth-order valence-corrected chi connectivity index (χ4v) is 4.23. The Morgan fingerprint density at radius 2 is 1.91 bits per heavy atom. The number of hydrogen-bond donors (Lipinski definition) is 2. The molecule has 32 heavy (non-hydrogen) atoms. The van der Waals surface area contributed by atoms with Gasteiger partial charge in [0.25, 0.3) is 0 Å². The van der Waals surface area contributed by atoms with Crippen LogP contribution in [0.5, 0.6) is 0 Å². The van der Waals surface area contributed by atoms with Gasteiger partial charge in [-0.05, 0) is 37.0 Å². The molecule has 2 aromatic rings. The number of aryl methyl sites for hydroxylation is 1. The Morgan fingerprint density at radius 3 is 2.66 bits per heavy atom. The van der Waals surface area contributed by atoms with Gasteiger partial charge in [0.2, 0.25) is 5.91 Å². The summed E-state index contributed by atoms with van der Waals surface area (Å²) in [6, 6.07) is 15.8. The molecule has 0 fully saturated rings. The second kappa shape index (κ2) is 9.44. The molecule has 2 N–H and O–H groups in total. The lowest BCUT2D eigenvalue weighted by Gasteiger charge is -2.33. The molecule has 2 aliphatic rings. The number of benzene rings is 2. The predicted octanol–water partition coefficient (Wildman–Crippen LogP) is 3.35. The van der Waals surface area contributed by atoms with E-state index in [2.05, 4.69) is 10.6 Å². The molecule has 2 aromatic carbocycles. The van der Waals surface area contributed by atoms with Gasteiger partial charge in [0, 0.05) is 11.1 Å². The number of nitrogens with zero attached hydrogens (tertiary/aromatic N) is 1. The highest BCUT2D eigenvalue weighted by Crippen LogP contribution is 2.37. The molecule has 2 atom stereocenters. The summed E-state index contributed by atoms with van der Waals surface area (Å²) >= 11 is 6.29. The van der Waals surface area contributed by atoms with Crippen LogP contribution in [0.1, 0.15) is 30.5 Å². The van der Waals surface area contributed by atoms with Crippen molar-refractivity contribution in [1.82, 2.24) is 15.5 Å². The maximum atomic E-state index is 12.9. The third kappa shape index (κ3) is 4.62. The number of amides is 3. The fraction of sp³-hybridized carbons (Fsp3) is 0.292. The minimum atomic E-state index is -0.717. The molecular formula is C24H24ClN3O4. The minimum Gasteiger partial charge on any atom is -0.456 e. The van der Waals surface area contributed by atoms with Crippen LogP contribution in [0.25, 0.3) is 0 Å². The fourth-order valence-electron chi connectivity index (χ4n) is 3.98. The molecule has 0 bridgehead atoms. The third-order valence-corrected chi connectivity index (χ3v) is 5.98. The molecule has 0 saturated carbocycles. The number of cyclic esters (lactones) is 1. The van der Waals surface area contributed by atoms with Crippen LogP contribution in [0.4, 0.5) is 4.79 Å². The number of rotatable bonds is 7. The summed E-state index contributed by atoms with van der Waals surface area (Å²) in [6.07, 6.45) is 1.61. The Morgan fingerprint density at radius 1 is 1.19 bits per heavy atom. The van der Waals surface area contributed by atoms with E-state index in [0.29, 0.717) is 21.9 Å². The molecule has 0 aromatic heterocycles. The van der Waals surface area contributed by atoms with E-state index in [0.717, 1.165) is 12.8 Å². The summed E-state index contributed by atoms with van der Waals surface area (Å²) in [5.74, 6) is -0.824. The zero-order valence-electron chi connectivity index (χ0n) is 17.6. The van der Waals surface area contributed by atoms with Crippen LogP contribution in [0.15, 0.2) is 65.9 Å². The standard InChI is InChI=1S/C24H24ClN3O4/c1-15(11-12-16-7-3-2-4-8-16)26-20(29)13-28-19-14-32-23(30)21(19)22(27-24(28)31)17-9-5-6-10-18(17)25/h2-10,15,22H,11-14H2,1H3,(H,26,29)(H,27,31). The predicted molar refractivity (Wildman–Crippen MR) is 120 cm³/mol. The van der Waals surface area contributed by atoms with Crippen LogP contribution >= 0.6 is 11.6 Å². The van der Waals surface area contributed by atoms with Crippen molar-refractivity contribution in [3.8, 4) is 0 Å². The van der Waals surface area contributed by atoms with Gasteiger partial charge in [0.05, 0.1) is 17.3 Å². The van der Waals surface area contributed by atoms with Crippen LogP contribution in [0.2, 0.25) is 5.02 Å². The largest absolute Gasteiger partial charge is 0.456 e. The minimum absolute atomic E-state index is 0.0562. The molecule has 8 heteroatoms. The van der Waals surface area contributed by atoms with Crippen LogP contribution in [0.3, 0.4) is 0 Å². The van der Waals surface area contributed by atoms with Crippen molar-refractivity contribution >= 4 is 29.5 Å². The Kier molecular flexibility index (Phi) is 6.46. The number of ether oxygens (including phenoxy) is 1. The van der Waals surface area contributed by atoms with Gasteiger partial charge < -0.3 is 15.4 Å². The maximum absolute atomic E-state index is 12.9. The summed E-state index contributed by atoms with van der Waals surface area (Å²) in [6.45, 7) is 1.67. The molecule has 166 valence electrons. The van der Waals surface area contributed by atoms with E-state index < -0.39 is 18.0 Å². The summed E-state index contributed by atoms with van der Waals surface area (Å²) < 4.78 is 5.20. The van der Waals surface area contributed by atoms with Crippen molar-refractivity contribution < 1.29 is 19.1 Å². The zero-order valence-corrected chi connectivity index (χ0v) is 18.4. The zero-order chi connectivity index (χ0) is 22.7. The monoisotopic (exact) mass is 453 g/mol. The molecular weight excluding hydrogens is 430 g/mol. The lowest BCUT2D eigenvalue weighted by molar-refractivity contribution is -0.136. The van der Waals surface area contributed by atoms with Gasteiger partial charge in [-0.25, -0.2) is 9.59 Å². The smallest absolute Gasteiger partial charge is 0.338 e. The second-order valence-electron chi connectivity index (χ2n) is 7.92. The van der Waals surface area contributed by atoms with Crippen molar-refractivity contribution in [3.05, 3.63) is 82.0 Å². The second-order valence-corrected chi connectivity index (χ2v) is 8.33. The van der Waals surface area contributed by atoms with E-state index in [1.807, 2.05) is 37.3 Å². The number of carbonyl (C=O) groups excluding carboxylic acids is 3.